The van der Waals surface area contributed by atoms with Crippen LogP contribution in [0.1, 0.15) is 200 Å². The summed E-state index contributed by atoms with van der Waals surface area (Å²) in [5, 5.41) is 11.7. The van der Waals surface area contributed by atoms with Gasteiger partial charge in [0.25, 0.3) is 0 Å². The van der Waals surface area contributed by atoms with Crippen molar-refractivity contribution in [2.24, 2.45) is 0 Å². The fourth-order valence-corrected chi connectivity index (χ4v) is 7.33. The van der Waals surface area contributed by atoms with Gasteiger partial charge in [-0.15, -0.1) is 0 Å². The molecule has 8 heteroatoms. The average molecular weight is 946 g/mol. The molecule has 0 N–H and O–H groups in total. The molecule has 0 bridgehead atoms. The van der Waals surface area contributed by atoms with E-state index in [2.05, 4.69) is 123 Å². The minimum Gasteiger partial charge on any atom is -0.544 e. The summed E-state index contributed by atoms with van der Waals surface area (Å²) < 4.78 is 17.2. The maximum Gasteiger partial charge on any atom is 0.306 e. The Morgan fingerprint density at radius 2 is 0.794 bits per heavy atom. The van der Waals surface area contributed by atoms with E-state index in [9.17, 15) is 19.5 Å². The van der Waals surface area contributed by atoms with E-state index >= 15 is 0 Å². The van der Waals surface area contributed by atoms with Crippen LogP contribution >= 0.6 is 0 Å². The van der Waals surface area contributed by atoms with E-state index in [0.29, 0.717) is 12.8 Å². The monoisotopic (exact) mass is 946 g/mol. The standard InChI is InChI=1S/C60H99NO7/c1-6-8-10-12-14-16-18-20-22-24-26-28-29-31-33-35-37-39-41-43-45-47-49-51-59(63)68-56(54-66-53-52-57(60(64)65)61(3,4)5)55-67-58(62)50-48-46-44-42-40-38-36-34-32-30-27-25-23-21-19-17-15-13-11-9-7-2/h8-11,14-17,20,22,26,28,31,33,37,39,43,45,56-57H,6-7,12-13,18-19,21,23-25,27,29-30,32,34-36,38,40-42,44,46-55H2,1-5H3/b10-8+,11-9+,16-14+,17-15+,22-20+,28-26+,33-31+,39-37+,45-43+. The lowest BCUT2D eigenvalue weighted by Gasteiger charge is -2.34. The quantitative estimate of drug-likeness (QED) is 0.0259. The number of quaternary nitrogens is 1. The van der Waals surface area contributed by atoms with Crippen LogP contribution in [0, 0.1) is 0 Å². The van der Waals surface area contributed by atoms with Crippen molar-refractivity contribution in [2.75, 3.05) is 41.0 Å². The number of hydrogen-bond donors (Lipinski definition) is 0. The summed E-state index contributed by atoms with van der Waals surface area (Å²) >= 11 is 0. The summed E-state index contributed by atoms with van der Waals surface area (Å²) in [7, 11) is 5.39. The maximum absolute atomic E-state index is 12.8. The molecule has 2 atom stereocenters. The minimum atomic E-state index is -1.14. The Morgan fingerprint density at radius 1 is 0.441 bits per heavy atom. The number of hydrogen-bond acceptors (Lipinski definition) is 7. The molecule has 0 aromatic rings. The number of esters is 2. The highest BCUT2D eigenvalue weighted by Crippen LogP contribution is 2.15. The van der Waals surface area contributed by atoms with Gasteiger partial charge < -0.3 is 28.6 Å². The first-order chi connectivity index (χ1) is 33.1. The second-order valence-electron chi connectivity index (χ2n) is 18.7. The number of aliphatic carboxylic acids is 1. The number of allylic oxidation sites excluding steroid dienone is 18. The van der Waals surface area contributed by atoms with Gasteiger partial charge in [0.1, 0.15) is 12.6 Å². The Morgan fingerprint density at radius 3 is 1.19 bits per heavy atom. The van der Waals surface area contributed by atoms with Gasteiger partial charge in [-0.3, -0.25) is 9.59 Å². The van der Waals surface area contributed by atoms with E-state index in [0.717, 1.165) is 83.5 Å². The van der Waals surface area contributed by atoms with Crippen LogP contribution in [0.15, 0.2) is 109 Å². The molecule has 0 aromatic heterocycles. The molecular formula is C60H99NO7. The van der Waals surface area contributed by atoms with Crippen molar-refractivity contribution in [3.05, 3.63) is 109 Å². The molecule has 0 saturated heterocycles. The zero-order valence-corrected chi connectivity index (χ0v) is 44.0. The Hall–Kier alpha value is -4.01. The van der Waals surface area contributed by atoms with E-state index < -0.39 is 18.1 Å². The molecule has 0 fully saturated rings. The molecule has 0 aliphatic heterocycles. The van der Waals surface area contributed by atoms with Gasteiger partial charge in [0, 0.05) is 19.3 Å². The van der Waals surface area contributed by atoms with Gasteiger partial charge in [0.2, 0.25) is 0 Å². The maximum atomic E-state index is 12.8. The smallest absolute Gasteiger partial charge is 0.306 e. The second-order valence-corrected chi connectivity index (χ2v) is 18.7. The minimum absolute atomic E-state index is 0.0115. The molecule has 386 valence electrons. The van der Waals surface area contributed by atoms with Gasteiger partial charge >= 0.3 is 11.9 Å². The third-order valence-electron chi connectivity index (χ3n) is 11.4. The lowest BCUT2D eigenvalue weighted by Crippen LogP contribution is -2.55. The zero-order chi connectivity index (χ0) is 49.9. The third kappa shape index (κ3) is 47.1. The number of carbonyl (C=O) groups is 3. The van der Waals surface area contributed by atoms with E-state index in [4.69, 9.17) is 14.2 Å². The van der Waals surface area contributed by atoms with Gasteiger partial charge in [-0.05, 0) is 89.9 Å². The van der Waals surface area contributed by atoms with Crippen LogP contribution in [-0.2, 0) is 28.6 Å². The number of nitrogens with zero attached hydrogens (tertiary/aromatic N) is 1. The van der Waals surface area contributed by atoms with Gasteiger partial charge in [-0.25, -0.2) is 0 Å². The summed E-state index contributed by atoms with van der Waals surface area (Å²) in [6, 6.07) is -0.743. The fourth-order valence-electron chi connectivity index (χ4n) is 7.33. The van der Waals surface area contributed by atoms with E-state index in [-0.39, 0.29) is 49.1 Å². The lowest BCUT2D eigenvalue weighted by atomic mass is 10.0. The number of rotatable bonds is 47. The molecule has 0 saturated carbocycles. The molecule has 2 unspecified atom stereocenters. The van der Waals surface area contributed by atoms with Crippen molar-refractivity contribution in [1.29, 1.82) is 0 Å². The van der Waals surface area contributed by atoms with E-state index in [1.54, 1.807) is 21.1 Å². The van der Waals surface area contributed by atoms with Crippen LogP contribution in [0.25, 0.3) is 0 Å². The molecule has 0 radical (unpaired) electrons. The molecular weight excluding hydrogens is 847 g/mol. The lowest BCUT2D eigenvalue weighted by molar-refractivity contribution is -0.889. The molecule has 0 rings (SSSR count). The molecule has 0 aliphatic carbocycles. The Kier molecular flexibility index (Phi) is 46.5. The van der Waals surface area contributed by atoms with Crippen molar-refractivity contribution in [1.82, 2.24) is 0 Å². The first kappa shape index (κ1) is 64.0. The molecule has 8 nitrogen and oxygen atoms in total. The Bertz CT molecular complexity index is 1470. The largest absolute Gasteiger partial charge is 0.544 e. The number of unbranched alkanes of at least 4 members (excludes halogenated alkanes) is 15. The van der Waals surface area contributed by atoms with Crippen molar-refractivity contribution in [3.8, 4) is 0 Å². The van der Waals surface area contributed by atoms with Crippen LogP contribution in [0.3, 0.4) is 0 Å². The molecule has 0 heterocycles. The summed E-state index contributed by atoms with van der Waals surface area (Å²) in [6.45, 7) is 4.39. The summed E-state index contributed by atoms with van der Waals surface area (Å²) in [5.74, 6) is -1.82. The predicted octanol–water partition coefficient (Wildman–Crippen LogP) is 14.6. The Labute approximate surface area is 417 Å². The number of carboxylic acids is 1. The fraction of sp³-hybridized carbons (Fsp3) is 0.650. The number of likely N-dealkylation sites (N-methyl/N-ethyl adjacent to an activating group) is 1. The van der Waals surface area contributed by atoms with Gasteiger partial charge in [-0.1, -0.05) is 200 Å². The zero-order valence-electron chi connectivity index (χ0n) is 44.0. The SMILES string of the molecule is CC/C=C/C/C=C/C/C=C/C/C=C/C/C=C/C/C=C/C/C=C/CCCC(=O)OC(COCCC(C(=O)[O-])[N+](C)(C)C)COC(=O)CCCCCCCCCCCCCCCC/C=C/C/C=C/CC. The Balaban J connectivity index is 4.33. The molecule has 68 heavy (non-hydrogen) atoms. The van der Waals surface area contributed by atoms with Crippen molar-refractivity contribution in [2.45, 2.75) is 212 Å². The van der Waals surface area contributed by atoms with Crippen molar-refractivity contribution in [3.63, 3.8) is 0 Å². The van der Waals surface area contributed by atoms with E-state index in [1.807, 2.05) is 0 Å². The summed E-state index contributed by atoms with van der Waals surface area (Å²) in [4.78, 5) is 37.1. The van der Waals surface area contributed by atoms with Crippen LogP contribution in [0.5, 0.6) is 0 Å². The molecule has 0 aromatic carbocycles. The van der Waals surface area contributed by atoms with Gasteiger partial charge in [0.15, 0.2) is 6.10 Å². The first-order valence-electron chi connectivity index (χ1n) is 26.9. The third-order valence-corrected chi connectivity index (χ3v) is 11.4. The van der Waals surface area contributed by atoms with E-state index in [1.165, 1.54) is 77.0 Å². The van der Waals surface area contributed by atoms with Crippen LogP contribution in [0.4, 0.5) is 0 Å². The highest BCUT2D eigenvalue weighted by molar-refractivity contribution is 5.70. The van der Waals surface area contributed by atoms with Crippen molar-refractivity contribution < 1.29 is 38.2 Å². The molecule has 0 aliphatic rings. The predicted molar refractivity (Wildman–Crippen MR) is 286 cm³/mol. The topological polar surface area (TPSA) is 102 Å². The first-order valence-corrected chi connectivity index (χ1v) is 26.9. The van der Waals surface area contributed by atoms with Crippen LogP contribution in [0.2, 0.25) is 0 Å². The number of carboxylic acid groups (broad SMARTS) is 1. The highest BCUT2D eigenvalue weighted by Gasteiger charge is 2.25. The molecule has 0 spiro atoms. The normalized spacial score (nSPS) is 13.7. The highest BCUT2D eigenvalue weighted by atomic mass is 16.6. The molecule has 0 amide bonds. The van der Waals surface area contributed by atoms with Crippen molar-refractivity contribution >= 4 is 17.9 Å². The average Bonchev–Trinajstić information content (AvgIpc) is 3.30. The van der Waals surface area contributed by atoms with Gasteiger partial charge in [0.05, 0.1) is 40.3 Å². The van der Waals surface area contributed by atoms with Gasteiger partial charge in [-0.2, -0.15) is 0 Å². The summed E-state index contributed by atoms with van der Waals surface area (Å²) in [6.07, 6.45) is 68.5. The van der Waals surface area contributed by atoms with Crippen LogP contribution in [-0.4, -0.2) is 75.5 Å². The number of carbonyl (C=O) groups excluding carboxylic acids is 3. The van der Waals surface area contributed by atoms with Crippen LogP contribution < -0.4 is 5.11 Å². The number of ether oxygens (including phenoxy) is 3. The summed E-state index contributed by atoms with van der Waals surface area (Å²) in [5.41, 5.74) is 0. The second kappa shape index (κ2) is 49.4.